The van der Waals surface area contributed by atoms with Crippen LogP contribution in [-0.4, -0.2) is 16.5 Å². The quantitative estimate of drug-likeness (QED) is 0.830. The lowest BCUT2D eigenvalue weighted by molar-refractivity contribution is 0.00426. The van der Waals surface area contributed by atoms with Crippen LogP contribution in [0.15, 0.2) is 24.3 Å². The van der Waals surface area contributed by atoms with E-state index >= 15 is 0 Å². The van der Waals surface area contributed by atoms with Gasteiger partial charge in [0.05, 0.1) is 0 Å². The molecule has 1 aromatic rings. The lowest BCUT2D eigenvalue weighted by Crippen LogP contribution is -2.41. The minimum absolute atomic E-state index is 0.0929. The highest BCUT2D eigenvalue weighted by atomic mass is 16.3. The summed E-state index contributed by atoms with van der Waals surface area (Å²) in [7, 11) is 0. The Balaban J connectivity index is 2.19. The molecule has 98 valence electrons. The van der Waals surface area contributed by atoms with E-state index in [-0.39, 0.29) is 5.78 Å². The third-order valence-electron chi connectivity index (χ3n) is 4.12. The van der Waals surface area contributed by atoms with E-state index in [0.717, 1.165) is 24.8 Å². The van der Waals surface area contributed by atoms with Crippen LogP contribution in [0.2, 0.25) is 0 Å². The number of aryl methyl sites for hydroxylation is 1. The van der Waals surface area contributed by atoms with Crippen molar-refractivity contribution in [2.45, 2.75) is 51.6 Å². The van der Waals surface area contributed by atoms with Crippen molar-refractivity contribution in [3.05, 3.63) is 35.4 Å². The fourth-order valence-corrected chi connectivity index (χ4v) is 2.67. The smallest absolute Gasteiger partial charge is 0.194 e. The van der Waals surface area contributed by atoms with Crippen LogP contribution >= 0.6 is 0 Å². The van der Waals surface area contributed by atoms with Crippen molar-refractivity contribution in [2.75, 3.05) is 0 Å². The van der Waals surface area contributed by atoms with Gasteiger partial charge >= 0.3 is 0 Å². The van der Waals surface area contributed by atoms with Crippen molar-refractivity contribution < 1.29 is 9.90 Å². The van der Waals surface area contributed by atoms with Crippen LogP contribution in [0, 0.1) is 5.92 Å². The molecule has 0 spiro atoms. The summed E-state index contributed by atoms with van der Waals surface area (Å²) < 4.78 is 0. The van der Waals surface area contributed by atoms with E-state index < -0.39 is 5.60 Å². The molecule has 2 heteroatoms. The van der Waals surface area contributed by atoms with Crippen LogP contribution in [0.5, 0.6) is 0 Å². The molecule has 1 N–H and O–H groups in total. The van der Waals surface area contributed by atoms with Gasteiger partial charge in [-0.25, -0.2) is 0 Å². The molecule has 0 atom stereocenters. The van der Waals surface area contributed by atoms with Crippen molar-refractivity contribution in [1.82, 2.24) is 0 Å². The van der Waals surface area contributed by atoms with Gasteiger partial charge in [0.2, 0.25) is 0 Å². The Hall–Kier alpha value is -1.15. The van der Waals surface area contributed by atoms with Crippen LogP contribution < -0.4 is 0 Å². The van der Waals surface area contributed by atoms with Crippen molar-refractivity contribution in [3.63, 3.8) is 0 Å². The van der Waals surface area contributed by atoms with Crippen LogP contribution in [-0.2, 0) is 6.42 Å². The Bertz CT molecular complexity index is 428. The molecule has 18 heavy (non-hydrogen) atoms. The highest BCUT2D eigenvalue weighted by molar-refractivity contribution is 6.02. The average molecular weight is 246 g/mol. The molecule has 1 aromatic carbocycles. The number of carbonyl (C=O) groups excluding carboxylic acids is 1. The van der Waals surface area contributed by atoms with Gasteiger partial charge < -0.3 is 5.11 Å². The lowest BCUT2D eigenvalue weighted by atomic mass is 9.75. The van der Waals surface area contributed by atoms with Gasteiger partial charge in [0.25, 0.3) is 0 Å². The predicted molar refractivity (Wildman–Crippen MR) is 72.7 cm³/mol. The summed E-state index contributed by atoms with van der Waals surface area (Å²) in [5, 5.41) is 10.5. The van der Waals surface area contributed by atoms with Gasteiger partial charge in [-0.1, -0.05) is 32.0 Å². The summed E-state index contributed by atoms with van der Waals surface area (Å²) in [5.41, 5.74) is 0.679. The lowest BCUT2D eigenvalue weighted by Gasteiger charge is -2.33. The molecule has 0 bridgehead atoms. The molecule has 0 saturated heterocycles. The average Bonchev–Trinajstić information content (AvgIpc) is 2.41. The topological polar surface area (TPSA) is 37.3 Å². The van der Waals surface area contributed by atoms with Crippen molar-refractivity contribution in [2.24, 2.45) is 5.92 Å². The maximum atomic E-state index is 12.4. The third-order valence-corrected chi connectivity index (χ3v) is 4.12. The maximum absolute atomic E-state index is 12.4. The van der Waals surface area contributed by atoms with E-state index in [9.17, 15) is 9.90 Å². The summed E-state index contributed by atoms with van der Waals surface area (Å²) in [6.07, 6.45) is 3.99. The van der Waals surface area contributed by atoms with E-state index in [2.05, 4.69) is 13.8 Å². The summed E-state index contributed by atoms with van der Waals surface area (Å²) >= 11 is 0. The van der Waals surface area contributed by atoms with E-state index in [1.165, 1.54) is 0 Å². The molecule has 0 amide bonds. The van der Waals surface area contributed by atoms with Gasteiger partial charge in [0.1, 0.15) is 5.60 Å². The van der Waals surface area contributed by atoms with Crippen LogP contribution in [0.1, 0.15) is 55.5 Å². The van der Waals surface area contributed by atoms with E-state index in [4.69, 9.17) is 0 Å². The van der Waals surface area contributed by atoms with Crippen LogP contribution in [0.25, 0.3) is 0 Å². The highest BCUT2D eigenvalue weighted by Crippen LogP contribution is 2.34. The Morgan fingerprint density at radius 3 is 2.67 bits per heavy atom. The van der Waals surface area contributed by atoms with Crippen LogP contribution in [0.4, 0.5) is 0 Å². The molecule has 1 fully saturated rings. The number of rotatable bonds is 3. The van der Waals surface area contributed by atoms with Crippen molar-refractivity contribution in [3.8, 4) is 0 Å². The zero-order valence-corrected chi connectivity index (χ0v) is 11.3. The molecule has 2 nitrogen and oxygen atoms in total. The molecular formula is C16H22O2. The largest absolute Gasteiger partial charge is 0.382 e. The Labute approximate surface area is 109 Å². The van der Waals surface area contributed by atoms with Gasteiger partial charge in [-0.2, -0.15) is 0 Å². The fourth-order valence-electron chi connectivity index (χ4n) is 2.67. The molecule has 0 aliphatic heterocycles. The summed E-state index contributed by atoms with van der Waals surface area (Å²) in [4.78, 5) is 12.4. The number of ketones is 1. The molecule has 1 aliphatic rings. The second-order valence-corrected chi connectivity index (χ2v) is 5.60. The number of hydrogen-bond acceptors (Lipinski definition) is 2. The SMILES string of the molecule is CCc1cccc(C(=O)C2(O)CCC(C)CC2)c1. The first-order valence-corrected chi connectivity index (χ1v) is 6.91. The zero-order chi connectivity index (χ0) is 13.2. The summed E-state index contributed by atoms with van der Waals surface area (Å²) in [6.45, 7) is 4.25. The Morgan fingerprint density at radius 2 is 2.06 bits per heavy atom. The highest BCUT2D eigenvalue weighted by Gasteiger charge is 2.39. The summed E-state index contributed by atoms with van der Waals surface area (Å²) in [5.74, 6) is 0.532. The number of benzene rings is 1. The van der Waals surface area contributed by atoms with E-state index in [1.807, 2.05) is 24.3 Å². The monoisotopic (exact) mass is 246 g/mol. The van der Waals surface area contributed by atoms with E-state index in [1.54, 1.807) is 0 Å². The predicted octanol–water partition coefficient (Wildman–Crippen LogP) is 3.37. The normalized spacial score (nSPS) is 28.1. The molecular weight excluding hydrogens is 224 g/mol. The zero-order valence-electron chi connectivity index (χ0n) is 11.3. The molecule has 1 saturated carbocycles. The first kappa shape index (κ1) is 13.3. The molecule has 2 rings (SSSR count). The number of Topliss-reactive ketones (excluding diaryl/α,β-unsaturated/α-hetero) is 1. The van der Waals surface area contributed by atoms with Gasteiger partial charge in [0, 0.05) is 5.56 Å². The first-order valence-electron chi connectivity index (χ1n) is 6.91. The van der Waals surface area contributed by atoms with Gasteiger partial charge in [-0.05, 0) is 49.7 Å². The standard InChI is InChI=1S/C16H22O2/c1-3-13-5-4-6-14(11-13)15(17)16(18)9-7-12(2)8-10-16/h4-6,11-12,18H,3,7-10H2,1-2H3. The Morgan fingerprint density at radius 1 is 1.39 bits per heavy atom. The van der Waals surface area contributed by atoms with E-state index in [0.29, 0.717) is 24.3 Å². The van der Waals surface area contributed by atoms with Gasteiger partial charge in [0.15, 0.2) is 5.78 Å². The van der Waals surface area contributed by atoms with Crippen molar-refractivity contribution >= 4 is 5.78 Å². The van der Waals surface area contributed by atoms with Crippen LogP contribution in [0.3, 0.4) is 0 Å². The second-order valence-electron chi connectivity index (χ2n) is 5.60. The molecule has 1 aliphatic carbocycles. The minimum Gasteiger partial charge on any atom is -0.382 e. The summed E-state index contributed by atoms with van der Waals surface area (Å²) in [6, 6.07) is 7.65. The molecule has 0 aromatic heterocycles. The minimum atomic E-state index is -1.13. The number of carbonyl (C=O) groups is 1. The van der Waals surface area contributed by atoms with Gasteiger partial charge in [-0.15, -0.1) is 0 Å². The maximum Gasteiger partial charge on any atom is 0.194 e. The molecule has 0 radical (unpaired) electrons. The number of hydrogen-bond donors (Lipinski definition) is 1. The second kappa shape index (κ2) is 5.23. The first-order chi connectivity index (χ1) is 8.55. The van der Waals surface area contributed by atoms with Crippen molar-refractivity contribution in [1.29, 1.82) is 0 Å². The fraction of sp³-hybridized carbons (Fsp3) is 0.562. The molecule has 0 unspecified atom stereocenters. The third kappa shape index (κ3) is 2.64. The van der Waals surface area contributed by atoms with Gasteiger partial charge in [-0.3, -0.25) is 4.79 Å². The number of aliphatic hydroxyl groups is 1. The molecule has 0 heterocycles. The Kier molecular flexibility index (Phi) is 3.86.